The van der Waals surface area contributed by atoms with Crippen LogP contribution in [0.4, 0.5) is 0 Å². The smallest absolute Gasteiger partial charge is 0.179 e. The Morgan fingerprint density at radius 3 is 2.29 bits per heavy atom. The number of hydrogen-bond donors (Lipinski definition) is 0. The Morgan fingerprint density at radius 1 is 1.00 bits per heavy atom. The number of hydrogen-bond acceptors (Lipinski definition) is 3. The highest BCUT2D eigenvalue weighted by atomic mass is 35.5. The Bertz CT molecular complexity index is 756. The lowest BCUT2D eigenvalue weighted by atomic mass is 10.1. The zero-order chi connectivity index (χ0) is 15.5. The number of benzene rings is 2. The summed E-state index contributed by atoms with van der Waals surface area (Å²) in [5, 5.41) is 0.547. The van der Waals surface area contributed by atoms with Crippen molar-refractivity contribution < 1.29 is 13.2 Å². The van der Waals surface area contributed by atoms with Crippen molar-refractivity contribution in [1.82, 2.24) is 0 Å². The molecule has 0 aliphatic rings. The molecule has 0 atom stereocenters. The van der Waals surface area contributed by atoms with Gasteiger partial charge in [-0.3, -0.25) is 4.79 Å². The lowest BCUT2D eigenvalue weighted by molar-refractivity contribution is 0.102. The molecule has 0 fully saturated rings. The summed E-state index contributed by atoms with van der Waals surface area (Å²) in [6.07, 6.45) is 0. The van der Waals surface area contributed by atoms with E-state index < -0.39 is 21.4 Å². The van der Waals surface area contributed by atoms with Crippen LogP contribution in [0.15, 0.2) is 48.5 Å². The third-order valence-corrected chi connectivity index (χ3v) is 4.83. The third kappa shape index (κ3) is 4.56. The summed E-state index contributed by atoms with van der Waals surface area (Å²) < 4.78 is 24.1. The van der Waals surface area contributed by atoms with E-state index in [4.69, 9.17) is 23.2 Å². The Labute approximate surface area is 133 Å². The van der Waals surface area contributed by atoms with Gasteiger partial charge in [0.1, 0.15) is 5.75 Å². The van der Waals surface area contributed by atoms with Crippen molar-refractivity contribution in [2.24, 2.45) is 0 Å². The SMILES string of the molecule is O=C(CS(=O)(=O)Cc1ccccc1)c1ccc(Cl)cc1Cl. The van der Waals surface area contributed by atoms with Gasteiger partial charge in [-0.15, -0.1) is 0 Å². The van der Waals surface area contributed by atoms with Gasteiger partial charge in [-0.1, -0.05) is 53.5 Å². The van der Waals surface area contributed by atoms with Crippen molar-refractivity contribution in [3.05, 3.63) is 69.7 Å². The molecular formula is C15H12Cl2O3S. The first-order valence-electron chi connectivity index (χ1n) is 6.10. The quantitative estimate of drug-likeness (QED) is 0.776. The Balaban J connectivity index is 2.15. The van der Waals surface area contributed by atoms with Crippen molar-refractivity contribution in [2.45, 2.75) is 5.75 Å². The van der Waals surface area contributed by atoms with Gasteiger partial charge >= 0.3 is 0 Å². The van der Waals surface area contributed by atoms with Crippen LogP contribution in [0.5, 0.6) is 0 Å². The van der Waals surface area contributed by atoms with Gasteiger partial charge in [-0.05, 0) is 23.8 Å². The van der Waals surface area contributed by atoms with E-state index in [0.29, 0.717) is 10.6 Å². The van der Waals surface area contributed by atoms with Crippen molar-refractivity contribution in [3.8, 4) is 0 Å². The molecule has 0 saturated carbocycles. The second kappa shape index (κ2) is 6.60. The number of Topliss-reactive ketones (excluding diaryl/α,β-unsaturated/α-hetero) is 1. The molecule has 0 aromatic heterocycles. The lowest BCUT2D eigenvalue weighted by Crippen LogP contribution is -2.18. The minimum absolute atomic E-state index is 0.155. The fourth-order valence-electron chi connectivity index (χ4n) is 1.87. The predicted molar refractivity (Wildman–Crippen MR) is 84.7 cm³/mol. The van der Waals surface area contributed by atoms with Gasteiger partial charge in [-0.2, -0.15) is 0 Å². The number of ketones is 1. The fourth-order valence-corrected chi connectivity index (χ4v) is 3.74. The largest absolute Gasteiger partial charge is 0.293 e. The predicted octanol–water partition coefficient (Wildman–Crippen LogP) is 3.79. The molecule has 6 heteroatoms. The van der Waals surface area contributed by atoms with Crippen LogP contribution in [0.2, 0.25) is 10.0 Å². The first-order valence-corrected chi connectivity index (χ1v) is 8.68. The third-order valence-electron chi connectivity index (χ3n) is 2.81. The molecule has 2 aromatic carbocycles. The maximum absolute atomic E-state index is 12.1. The van der Waals surface area contributed by atoms with Gasteiger partial charge in [0.05, 0.1) is 10.8 Å². The molecule has 0 bridgehead atoms. The topological polar surface area (TPSA) is 51.2 Å². The van der Waals surface area contributed by atoms with E-state index in [-0.39, 0.29) is 16.3 Å². The van der Waals surface area contributed by atoms with Crippen LogP contribution in [0.1, 0.15) is 15.9 Å². The monoisotopic (exact) mass is 342 g/mol. The van der Waals surface area contributed by atoms with Crippen molar-refractivity contribution in [2.75, 3.05) is 5.75 Å². The van der Waals surface area contributed by atoms with Crippen LogP contribution in [0.25, 0.3) is 0 Å². The highest BCUT2D eigenvalue weighted by Gasteiger charge is 2.20. The van der Waals surface area contributed by atoms with E-state index >= 15 is 0 Å². The van der Waals surface area contributed by atoms with Crippen molar-refractivity contribution in [3.63, 3.8) is 0 Å². The molecule has 0 unspecified atom stereocenters. The van der Waals surface area contributed by atoms with Crippen LogP contribution in [-0.4, -0.2) is 20.0 Å². The summed E-state index contributed by atoms with van der Waals surface area (Å²) in [5.74, 6) is -1.29. The van der Waals surface area contributed by atoms with Crippen LogP contribution < -0.4 is 0 Å². The highest BCUT2D eigenvalue weighted by molar-refractivity contribution is 7.91. The van der Waals surface area contributed by atoms with Gasteiger partial charge in [0.15, 0.2) is 15.6 Å². The molecule has 0 heterocycles. The summed E-state index contributed by atoms with van der Waals surface area (Å²) >= 11 is 11.7. The summed E-state index contributed by atoms with van der Waals surface area (Å²) in [7, 11) is -3.55. The normalized spacial score (nSPS) is 11.3. The molecule has 2 aromatic rings. The second-order valence-electron chi connectivity index (χ2n) is 4.57. The minimum Gasteiger partial charge on any atom is -0.293 e. The molecule has 0 aliphatic carbocycles. The maximum atomic E-state index is 12.1. The van der Waals surface area contributed by atoms with E-state index in [9.17, 15) is 13.2 Å². The van der Waals surface area contributed by atoms with E-state index in [0.717, 1.165) is 0 Å². The molecular weight excluding hydrogens is 331 g/mol. The van der Waals surface area contributed by atoms with Crippen LogP contribution in [0, 0.1) is 0 Å². The Kier molecular flexibility index (Phi) is 5.04. The zero-order valence-corrected chi connectivity index (χ0v) is 13.3. The molecule has 0 aliphatic heterocycles. The fraction of sp³-hybridized carbons (Fsp3) is 0.133. The Hall–Kier alpha value is -1.36. The number of halogens is 2. The van der Waals surface area contributed by atoms with Gasteiger partial charge in [0.25, 0.3) is 0 Å². The molecule has 0 saturated heterocycles. The molecule has 0 N–H and O–H groups in total. The average Bonchev–Trinajstić information content (AvgIpc) is 2.38. The van der Waals surface area contributed by atoms with E-state index in [1.54, 1.807) is 30.3 Å². The number of carbonyl (C=O) groups excluding carboxylic acids is 1. The number of rotatable bonds is 5. The van der Waals surface area contributed by atoms with Gasteiger partial charge in [0, 0.05) is 10.6 Å². The molecule has 2 rings (SSSR count). The molecule has 0 spiro atoms. The molecule has 0 radical (unpaired) electrons. The Morgan fingerprint density at radius 2 is 1.67 bits per heavy atom. The van der Waals surface area contributed by atoms with Crippen molar-refractivity contribution >= 4 is 38.8 Å². The molecule has 110 valence electrons. The van der Waals surface area contributed by atoms with Gasteiger partial charge in [0.2, 0.25) is 0 Å². The van der Waals surface area contributed by atoms with E-state index in [1.807, 2.05) is 0 Å². The first-order chi connectivity index (χ1) is 9.87. The maximum Gasteiger partial charge on any atom is 0.179 e. The number of sulfone groups is 1. The van der Waals surface area contributed by atoms with Crippen LogP contribution in [0.3, 0.4) is 0 Å². The van der Waals surface area contributed by atoms with E-state index in [2.05, 4.69) is 0 Å². The minimum atomic E-state index is -3.55. The average molecular weight is 343 g/mol. The van der Waals surface area contributed by atoms with Crippen LogP contribution >= 0.6 is 23.2 Å². The summed E-state index contributed by atoms with van der Waals surface area (Å²) in [4.78, 5) is 12.1. The molecule has 3 nitrogen and oxygen atoms in total. The summed E-state index contributed by atoms with van der Waals surface area (Å²) in [5.41, 5.74) is 0.810. The van der Waals surface area contributed by atoms with Crippen LogP contribution in [-0.2, 0) is 15.6 Å². The van der Waals surface area contributed by atoms with E-state index in [1.165, 1.54) is 18.2 Å². The van der Waals surface area contributed by atoms with Gasteiger partial charge < -0.3 is 0 Å². The first kappa shape index (κ1) is 16.0. The van der Waals surface area contributed by atoms with Crippen molar-refractivity contribution in [1.29, 1.82) is 0 Å². The molecule has 0 amide bonds. The summed E-state index contributed by atoms with van der Waals surface area (Å²) in [6.45, 7) is 0. The summed E-state index contributed by atoms with van der Waals surface area (Å²) in [6, 6.07) is 13.1. The lowest BCUT2D eigenvalue weighted by Gasteiger charge is -2.06. The zero-order valence-electron chi connectivity index (χ0n) is 10.9. The molecule has 21 heavy (non-hydrogen) atoms. The standard InChI is InChI=1S/C15H12Cl2O3S/c16-12-6-7-13(14(17)8-12)15(18)10-21(19,20)9-11-4-2-1-3-5-11/h1-8H,9-10H2. The van der Waals surface area contributed by atoms with Gasteiger partial charge in [-0.25, -0.2) is 8.42 Å². The number of carbonyl (C=O) groups is 1. The second-order valence-corrected chi connectivity index (χ2v) is 7.47. The highest BCUT2D eigenvalue weighted by Crippen LogP contribution is 2.22.